The molecule has 0 saturated carbocycles. The van der Waals surface area contributed by atoms with Gasteiger partial charge in [0.2, 0.25) is 5.91 Å². The molecular formula is C23H28N4O3. The number of hydrogen-bond donors (Lipinski definition) is 1. The third-order valence-electron chi connectivity index (χ3n) is 5.67. The van der Waals surface area contributed by atoms with Crippen LogP contribution >= 0.6 is 0 Å². The van der Waals surface area contributed by atoms with Crippen molar-refractivity contribution in [2.75, 3.05) is 36.5 Å². The first-order valence-corrected chi connectivity index (χ1v) is 10.6. The van der Waals surface area contributed by atoms with Gasteiger partial charge >= 0.3 is 0 Å². The lowest BCUT2D eigenvalue weighted by Gasteiger charge is -2.29. The van der Waals surface area contributed by atoms with Gasteiger partial charge in [-0.2, -0.15) is 5.10 Å². The summed E-state index contributed by atoms with van der Waals surface area (Å²) >= 11 is 0. The second kappa shape index (κ2) is 9.26. The van der Waals surface area contributed by atoms with Gasteiger partial charge in [0.25, 0.3) is 5.56 Å². The Labute approximate surface area is 176 Å². The molecule has 0 spiro atoms. The largest absolute Gasteiger partial charge is 0.378 e. The highest BCUT2D eigenvalue weighted by molar-refractivity contribution is 5.91. The van der Waals surface area contributed by atoms with Gasteiger partial charge in [0.15, 0.2) is 0 Å². The number of rotatable bonds is 5. The molecule has 158 valence electrons. The van der Waals surface area contributed by atoms with E-state index in [1.54, 1.807) is 6.07 Å². The molecule has 2 aliphatic rings. The molecule has 1 aliphatic carbocycles. The van der Waals surface area contributed by atoms with Crippen molar-refractivity contribution in [3.8, 4) is 0 Å². The number of hydrogen-bond acceptors (Lipinski definition) is 5. The molecule has 2 aromatic rings. The molecule has 0 bridgehead atoms. The molecule has 1 saturated heterocycles. The van der Waals surface area contributed by atoms with Crippen molar-refractivity contribution in [2.45, 2.75) is 32.7 Å². The zero-order chi connectivity index (χ0) is 20.9. The predicted molar refractivity (Wildman–Crippen MR) is 118 cm³/mol. The molecule has 7 heteroatoms. The van der Waals surface area contributed by atoms with E-state index in [0.717, 1.165) is 49.3 Å². The van der Waals surface area contributed by atoms with E-state index in [-0.39, 0.29) is 18.0 Å². The Kier molecular flexibility index (Phi) is 6.28. The fourth-order valence-electron chi connectivity index (χ4n) is 3.87. The van der Waals surface area contributed by atoms with E-state index in [0.29, 0.717) is 24.8 Å². The standard InChI is InChI=1S/C23H28N4O3/c1-17-5-7-18(8-6-17)21-9-10-23(29)27(25-21)16-22(28)24-19-3-2-4-20(15-19)26-11-13-30-14-12-26/h2-4,7,9-10,15,17H,5-6,8,11-14,16H2,1H3,(H,24,28). The van der Waals surface area contributed by atoms with Gasteiger partial charge in [0.05, 0.1) is 18.9 Å². The van der Waals surface area contributed by atoms with Crippen molar-refractivity contribution in [1.29, 1.82) is 0 Å². The summed E-state index contributed by atoms with van der Waals surface area (Å²) < 4.78 is 6.64. The maximum absolute atomic E-state index is 12.6. The quantitative estimate of drug-likeness (QED) is 0.823. The van der Waals surface area contributed by atoms with Gasteiger partial charge in [-0.3, -0.25) is 9.59 Å². The number of morpholine rings is 1. The van der Waals surface area contributed by atoms with E-state index in [4.69, 9.17) is 4.74 Å². The summed E-state index contributed by atoms with van der Waals surface area (Å²) in [4.78, 5) is 27.1. The molecule has 2 heterocycles. The summed E-state index contributed by atoms with van der Waals surface area (Å²) in [6, 6.07) is 11.0. The molecule has 1 N–H and O–H groups in total. The van der Waals surface area contributed by atoms with Gasteiger partial charge < -0.3 is 15.0 Å². The van der Waals surface area contributed by atoms with Crippen LogP contribution in [0.25, 0.3) is 5.57 Å². The summed E-state index contributed by atoms with van der Waals surface area (Å²) in [7, 11) is 0. The lowest BCUT2D eigenvalue weighted by atomic mass is 9.90. The number of ether oxygens (including phenoxy) is 1. The maximum Gasteiger partial charge on any atom is 0.267 e. The van der Waals surface area contributed by atoms with Gasteiger partial charge in [0, 0.05) is 30.5 Å². The van der Waals surface area contributed by atoms with E-state index in [1.807, 2.05) is 24.3 Å². The lowest BCUT2D eigenvalue weighted by molar-refractivity contribution is -0.117. The Morgan fingerprint density at radius 2 is 2.07 bits per heavy atom. The third kappa shape index (κ3) is 4.97. The van der Waals surface area contributed by atoms with Crippen LogP contribution in [0, 0.1) is 5.92 Å². The molecule has 1 fully saturated rings. The molecule has 7 nitrogen and oxygen atoms in total. The number of carbonyl (C=O) groups is 1. The topological polar surface area (TPSA) is 76.5 Å². The van der Waals surface area contributed by atoms with Crippen molar-refractivity contribution >= 4 is 22.9 Å². The Hall–Kier alpha value is -2.93. The number of nitrogens with one attached hydrogen (secondary N) is 1. The van der Waals surface area contributed by atoms with E-state index in [2.05, 4.69) is 28.3 Å². The number of amides is 1. The summed E-state index contributed by atoms with van der Waals surface area (Å²) in [6.07, 6.45) is 5.29. The summed E-state index contributed by atoms with van der Waals surface area (Å²) in [5.41, 5.74) is 3.41. The van der Waals surface area contributed by atoms with Gasteiger partial charge in [-0.15, -0.1) is 0 Å². The Bertz CT molecular complexity index is 992. The Morgan fingerprint density at radius 1 is 1.23 bits per heavy atom. The fourth-order valence-corrected chi connectivity index (χ4v) is 3.87. The normalized spacial score (nSPS) is 19.3. The van der Waals surface area contributed by atoms with Gasteiger partial charge in [-0.25, -0.2) is 4.68 Å². The molecule has 1 atom stereocenters. The van der Waals surface area contributed by atoms with E-state index < -0.39 is 0 Å². The van der Waals surface area contributed by atoms with Gasteiger partial charge in [0.1, 0.15) is 6.54 Å². The van der Waals surface area contributed by atoms with E-state index in [9.17, 15) is 9.59 Å². The van der Waals surface area contributed by atoms with Crippen LogP contribution in [-0.2, 0) is 16.1 Å². The van der Waals surface area contributed by atoms with Crippen molar-refractivity contribution in [3.63, 3.8) is 0 Å². The number of anilines is 2. The predicted octanol–water partition coefficient (Wildman–Crippen LogP) is 2.92. The van der Waals surface area contributed by atoms with Crippen LogP contribution in [0.15, 0.2) is 47.3 Å². The SMILES string of the molecule is CC1CC=C(c2ccc(=O)n(CC(=O)Nc3cccc(N4CCOCC4)c3)n2)CC1. The van der Waals surface area contributed by atoms with Crippen LogP contribution in [0.1, 0.15) is 31.9 Å². The molecule has 1 unspecified atom stereocenters. The monoisotopic (exact) mass is 408 g/mol. The van der Waals surface area contributed by atoms with Crippen LogP contribution in [0.5, 0.6) is 0 Å². The zero-order valence-corrected chi connectivity index (χ0v) is 17.3. The van der Waals surface area contributed by atoms with Crippen LogP contribution in [0.3, 0.4) is 0 Å². The molecular weight excluding hydrogens is 380 g/mol. The molecule has 30 heavy (non-hydrogen) atoms. The first-order valence-electron chi connectivity index (χ1n) is 10.6. The molecule has 1 amide bonds. The third-order valence-corrected chi connectivity index (χ3v) is 5.67. The Morgan fingerprint density at radius 3 is 2.83 bits per heavy atom. The summed E-state index contributed by atoms with van der Waals surface area (Å²) in [5, 5.41) is 7.34. The second-order valence-electron chi connectivity index (χ2n) is 8.02. The Balaban J connectivity index is 1.44. The minimum atomic E-state index is -0.277. The average molecular weight is 409 g/mol. The number of carbonyl (C=O) groups excluding carboxylic acids is 1. The van der Waals surface area contributed by atoms with Crippen LogP contribution < -0.4 is 15.8 Å². The first-order chi connectivity index (χ1) is 14.6. The smallest absolute Gasteiger partial charge is 0.267 e. The van der Waals surface area contributed by atoms with Crippen LogP contribution in [0.4, 0.5) is 11.4 Å². The summed E-state index contributed by atoms with van der Waals surface area (Å²) in [5.74, 6) is 0.408. The van der Waals surface area contributed by atoms with E-state index >= 15 is 0 Å². The molecule has 4 rings (SSSR count). The molecule has 1 aromatic heterocycles. The number of aromatic nitrogens is 2. The van der Waals surface area contributed by atoms with Crippen molar-refractivity contribution in [1.82, 2.24) is 9.78 Å². The van der Waals surface area contributed by atoms with Crippen molar-refractivity contribution in [2.24, 2.45) is 5.92 Å². The minimum Gasteiger partial charge on any atom is -0.378 e. The average Bonchev–Trinajstić information content (AvgIpc) is 2.77. The number of benzene rings is 1. The maximum atomic E-state index is 12.6. The van der Waals surface area contributed by atoms with Gasteiger partial charge in [-0.05, 0) is 55.0 Å². The van der Waals surface area contributed by atoms with E-state index in [1.165, 1.54) is 10.7 Å². The fraction of sp³-hybridized carbons (Fsp3) is 0.435. The summed E-state index contributed by atoms with van der Waals surface area (Å²) in [6.45, 7) is 5.20. The molecule has 1 aromatic carbocycles. The second-order valence-corrected chi connectivity index (χ2v) is 8.02. The van der Waals surface area contributed by atoms with Crippen LogP contribution in [-0.4, -0.2) is 42.0 Å². The van der Waals surface area contributed by atoms with Crippen molar-refractivity contribution < 1.29 is 9.53 Å². The zero-order valence-electron chi connectivity index (χ0n) is 17.3. The first kappa shape index (κ1) is 20.3. The lowest BCUT2D eigenvalue weighted by Crippen LogP contribution is -2.36. The number of nitrogens with zero attached hydrogens (tertiary/aromatic N) is 3. The highest BCUT2D eigenvalue weighted by atomic mass is 16.5. The van der Waals surface area contributed by atoms with Gasteiger partial charge in [-0.1, -0.05) is 19.1 Å². The number of allylic oxidation sites excluding steroid dienone is 2. The molecule has 1 aliphatic heterocycles. The highest BCUT2D eigenvalue weighted by Gasteiger charge is 2.15. The van der Waals surface area contributed by atoms with Crippen LogP contribution in [0.2, 0.25) is 0 Å². The highest BCUT2D eigenvalue weighted by Crippen LogP contribution is 2.28. The molecule has 0 radical (unpaired) electrons. The van der Waals surface area contributed by atoms with Crippen molar-refractivity contribution in [3.05, 3.63) is 58.5 Å². The minimum absolute atomic E-state index is 0.113.